The van der Waals surface area contributed by atoms with Gasteiger partial charge in [-0.05, 0) is 49.6 Å². The molecule has 1 fully saturated rings. The zero-order valence-electron chi connectivity index (χ0n) is 17.9. The van der Waals surface area contributed by atoms with Gasteiger partial charge in [-0.25, -0.2) is 9.97 Å². The zero-order valence-corrected chi connectivity index (χ0v) is 17.9. The number of carbonyl (C=O) groups is 2. The summed E-state index contributed by atoms with van der Waals surface area (Å²) in [5, 5.41) is 4.08. The van der Waals surface area contributed by atoms with Gasteiger partial charge in [0.1, 0.15) is 12.1 Å². The lowest BCUT2D eigenvalue weighted by molar-refractivity contribution is -0.118. The summed E-state index contributed by atoms with van der Waals surface area (Å²) < 4.78 is 10.8. The number of fused-ring (bicyclic) bond motifs is 1. The van der Waals surface area contributed by atoms with Gasteiger partial charge >= 0.3 is 0 Å². The van der Waals surface area contributed by atoms with E-state index in [1.807, 2.05) is 13.0 Å². The summed E-state index contributed by atoms with van der Waals surface area (Å²) in [7, 11) is 3.15. The Labute approximate surface area is 180 Å². The van der Waals surface area contributed by atoms with E-state index in [4.69, 9.17) is 9.47 Å². The van der Waals surface area contributed by atoms with Crippen molar-refractivity contribution < 1.29 is 19.1 Å². The largest absolute Gasteiger partial charge is 0.493 e. The Kier molecular flexibility index (Phi) is 5.84. The van der Waals surface area contributed by atoms with E-state index in [1.54, 1.807) is 38.5 Å². The molecule has 0 unspecified atom stereocenters. The van der Waals surface area contributed by atoms with Crippen LogP contribution >= 0.6 is 0 Å². The van der Waals surface area contributed by atoms with E-state index in [9.17, 15) is 9.59 Å². The number of nitrogens with zero attached hydrogens (tertiary/aromatic N) is 2. The van der Waals surface area contributed by atoms with E-state index < -0.39 is 5.78 Å². The van der Waals surface area contributed by atoms with Gasteiger partial charge in [-0.1, -0.05) is 12.8 Å². The molecule has 1 N–H and O–H groups in total. The summed E-state index contributed by atoms with van der Waals surface area (Å²) in [4.78, 5) is 33.8. The molecule has 1 aliphatic rings. The normalized spacial score (nSPS) is 13.9. The highest BCUT2D eigenvalue weighted by Gasteiger charge is 2.28. The van der Waals surface area contributed by atoms with Crippen LogP contribution in [0.25, 0.3) is 10.9 Å². The SMILES string of the molecule is COc1cc2ncnc(Nc3ccc(C(=O)C(=O)C4CCCC4)cc3C)c2cc1OC. The molecule has 0 atom stereocenters. The number of hydrogen-bond donors (Lipinski definition) is 1. The van der Waals surface area contributed by atoms with Crippen LogP contribution in [0.2, 0.25) is 0 Å². The smallest absolute Gasteiger partial charge is 0.228 e. The molecule has 2 aromatic carbocycles. The van der Waals surface area contributed by atoms with Crippen molar-refractivity contribution in [3.8, 4) is 11.5 Å². The summed E-state index contributed by atoms with van der Waals surface area (Å²) in [5.74, 6) is 0.994. The van der Waals surface area contributed by atoms with Gasteiger partial charge in [0, 0.05) is 28.6 Å². The average molecular weight is 419 g/mol. The van der Waals surface area contributed by atoms with Crippen molar-refractivity contribution in [1.29, 1.82) is 0 Å². The highest BCUT2D eigenvalue weighted by atomic mass is 16.5. The van der Waals surface area contributed by atoms with Crippen LogP contribution in [0, 0.1) is 12.8 Å². The fraction of sp³-hybridized carbons (Fsp3) is 0.333. The second kappa shape index (κ2) is 8.71. The first-order valence-electron chi connectivity index (χ1n) is 10.3. The van der Waals surface area contributed by atoms with Crippen molar-refractivity contribution >= 4 is 34.0 Å². The molecule has 0 aliphatic heterocycles. The van der Waals surface area contributed by atoms with Gasteiger partial charge in [0.2, 0.25) is 11.6 Å². The van der Waals surface area contributed by atoms with Crippen molar-refractivity contribution in [3.63, 3.8) is 0 Å². The molecule has 1 saturated carbocycles. The van der Waals surface area contributed by atoms with E-state index in [-0.39, 0.29) is 11.7 Å². The van der Waals surface area contributed by atoms with Gasteiger partial charge < -0.3 is 14.8 Å². The van der Waals surface area contributed by atoms with Gasteiger partial charge in [0.15, 0.2) is 11.5 Å². The molecule has 31 heavy (non-hydrogen) atoms. The number of benzene rings is 2. The first-order chi connectivity index (χ1) is 15.0. The number of rotatable bonds is 7. The first-order valence-corrected chi connectivity index (χ1v) is 10.3. The number of nitrogens with one attached hydrogen (secondary N) is 1. The van der Waals surface area contributed by atoms with Gasteiger partial charge in [0.25, 0.3) is 0 Å². The molecule has 7 nitrogen and oxygen atoms in total. The van der Waals surface area contributed by atoms with Crippen LogP contribution in [0.15, 0.2) is 36.7 Å². The Hall–Kier alpha value is -3.48. The van der Waals surface area contributed by atoms with Crippen LogP contribution in [0.4, 0.5) is 11.5 Å². The molecule has 0 amide bonds. The van der Waals surface area contributed by atoms with E-state index in [0.717, 1.165) is 42.3 Å². The molecule has 7 heteroatoms. The molecule has 0 spiro atoms. The number of aromatic nitrogens is 2. The zero-order chi connectivity index (χ0) is 22.0. The Morgan fingerprint density at radius 3 is 2.39 bits per heavy atom. The van der Waals surface area contributed by atoms with Crippen LogP contribution in [0.1, 0.15) is 41.6 Å². The number of carbonyl (C=O) groups excluding carboxylic acids is 2. The maximum atomic E-state index is 12.6. The number of methoxy groups -OCH3 is 2. The third-order valence-corrected chi connectivity index (χ3v) is 5.83. The van der Waals surface area contributed by atoms with Crippen molar-refractivity contribution in [3.05, 3.63) is 47.8 Å². The minimum atomic E-state index is -0.397. The average Bonchev–Trinajstić information content (AvgIpc) is 3.33. The lowest BCUT2D eigenvalue weighted by Gasteiger charge is -2.14. The molecule has 3 aromatic rings. The number of anilines is 2. The third kappa shape index (κ3) is 4.08. The molecule has 1 aromatic heterocycles. The van der Waals surface area contributed by atoms with Crippen LogP contribution in [0.3, 0.4) is 0 Å². The van der Waals surface area contributed by atoms with Crippen molar-refractivity contribution in [2.45, 2.75) is 32.6 Å². The lowest BCUT2D eigenvalue weighted by atomic mass is 9.94. The van der Waals surface area contributed by atoms with Crippen LogP contribution in [-0.4, -0.2) is 35.8 Å². The van der Waals surface area contributed by atoms with E-state index >= 15 is 0 Å². The van der Waals surface area contributed by atoms with Crippen molar-refractivity contribution in [2.75, 3.05) is 19.5 Å². The fourth-order valence-corrected chi connectivity index (χ4v) is 4.07. The number of ether oxygens (including phenoxy) is 2. The van der Waals surface area contributed by atoms with Crippen molar-refractivity contribution in [2.24, 2.45) is 5.92 Å². The molecular weight excluding hydrogens is 394 g/mol. The van der Waals surface area contributed by atoms with Gasteiger partial charge in [-0.2, -0.15) is 0 Å². The summed E-state index contributed by atoms with van der Waals surface area (Å²) in [6, 6.07) is 8.87. The summed E-state index contributed by atoms with van der Waals surface area (Å²) in [6.07, 6.45) is 5.16. The predicted molar refractivity (Wildman–Crippen MR) is 118 cm³/mol. The highest BCUT2D eigenvalue weighted by Crippen LogP contribution is 2.35. The maximum absolute atomic E-state index is 12.6. The Balaban J connectivity index is 1.62. The summed E-state index contributed by atoms with van der Waals surface area (Å²) >= 11 is 0. The third-order valence-electron chi connectivity index (χ3n) is 5.83. The predicted octanol–water partition coefficient (Wildman–Crippen LogP) is 4.64. The Morgan fingerprint density at radius 2 is 1.71 bits per heavy atom. The topological polar surface area (TPSA) is 90.4 Å². The number of hydrogen-bond acceptors (Lipinski definition) is 7. The second-order valence-corrected chi connectivity index (χ2v) is 7.78. The lowest BCUT2D eigenvalue weighted by Crippen LogP contribution is -2.22. The maximum Gasteiger partial charge on any atom is 0.228 e. The quantitative estimate of drug-likeness (QED) is 0.441. The van der Waals surface area contributed by atoms with Crippen LogP contribution in [-0.2, 0) is 4.79 Å². The molecule has 0 saturated heterocycles. The van der Waals surface area contributed by atoms with Crippen LogP contribution < -0.4 is 14.8 Å². The van der Waals surface area contributed by atoms with E-state index in [2.05, 4.69) is 15.3 Å². The standard InChI is InChI=1S/C24H25N3O4/c1-14-10-16(23(29)22(28)15-6-4-5-7-15)8-9-18(14)27-24-17-11-20(30-2)21(31-3)12-19(17)25-13-26-24/h8-13,15H,4-7H2,1-3H3,(H,25,26,27). The first kappa shape index (κ1) is 20.8. The molecule has 0 radical (unpaired) electrons. The second-order valence-electron chi connectivity index (χ2n) is 7.78. The number of aryl methyl sites for hydroxylation is 1. The van der Waals surface area contributed by atoms with Gasteiger partial charge in [-0.15, -0.1) is 0 Å². The minimum Gasteiger partial charge on any atom is -0.493 e. The molecular formula is C24H25N3O4. The van der Waals surface area contributed by atoms with Crippen LogP contribution in [0.5, 0.6) is 11.5 Å². The Bertz CT molecular complexity index is 1150. The summed E-state index contributed by atoms with van der Waals surface area (Å²) in [6.45, 7) is 1.89. The molecule has 4 rings (SSSR count). The fourth-order valence-electron chi connectivity index (χ4n) is 4.07. The monoisotopic (exact) mass is 419 g/mol. The summed E-state index contributed by atoms with van der Waals surface area (Å²) in [5.41, 5.74) is 2.78. The van der Waals surface area contributed by atoms with Gasteiger partial charge in [-0.3, -0.25) is 9.59 Å². The highest BCUT2D eigenvalue weighted by molar-refractivity contribution is 6.44. The number of Topliss-reactive ketones (excluding diaryl/α,β-unsaturated/α-hetero) is 2. The molecule has 160 valence electrons. The van der Waals surface area contributed by atoms with E-state index in [1.165, 1.54) is 6.33 Å². The number of ketones is 2. The van der Waals surface area contributed by atoms with Gasteiger partial charge in [0.05, 0.1) is 19.7 Å². The molecule has 1 aliphatic carbocycles. The minimum absolute atomic E-state index is 0.120. The molecule has 1 heterocycles. The molecule has 0 bridgehead atoms. The van der Waals surface area contributed by atoms with Crippen molar-refractivity contribution in [1.82, 2.24) is 9.97 Å². The Morgan fingerprint density at radius 1 is 1.00 bits per heavy atom. The van der Waals surface area contributed by atoms with E-state index in [0.29, 0.717) is 28.4 Å².